The lowest BCUT2D eigenvalue weighted by Crippen LogP contribution is -2.44. The highest BCUT2D eigenvalue weighted by molar-refractivity contribution is 5.71. The maximum Gasteiger partial charge on any atom is 0.306 e. The van der Waals surface area contributed by atoms with Crippen LogP contribution in [0, 0.1) is 5.82 Å². The van der Waals surface area contributed by atoms with Crippen molar-refractivity contribution in [2.45, 2.75) is 38.1 Å². The zero-order valence-corrected chi connectivity index (χ0v) is 11.1. The van der Waals surface area contributed by atoms with Crippen molar-refractivity contribution in [2.75, 3.05) is 7.11 Å². The molecular weight excluding hydrogens is 233 g/mol. The Hall–Kier alpha value is -1.42. The van der Waals surface area contributed by atoms with Gasteiger partial charge in [0.25, 0.3) is 0 Å². The number of nitrogens with two attached hydrogens (primary N) is 1. The molecule has 0 aromatic heterocycles. The highest BCUT2D eigenvalue weighted by Crippen LogP contribution is 2.32. The van der Waals surface area contributed by atoms with Crippen LogP contribution in [0.15, 0.2) is 24.3 Å². The number of carbonyl (C=O) groups excluding carboxylic acids is 1. The first kappa shape index (κ1) is 14.6. The molecule has 0 spiro atoms. The molecule has 18 heavy (non-hydrogen) atoms. The van der Waals surface area contributed by atoms with Crippen molar-refractivity contribution in [1.82, 2.24) is 0 Å². The van der Waals surface area contributed by atoms with Gasteiger partial charge in [0.05, 0.1) is 13.5 Å². The Balaban J connectivity index is 3.15. The Morgan fingerprint density at radius 3 is 2.72 bits per heavy atom. The van der Waals surface area contributed by atoms with Gasteiger partial charge in [0, 0.05) is 11.5 Å². The molecule has 1 aromatic carbocycles. The SMILES string of the molecule is CCC(N)C(C)(CC(=O)OC)c1cccc(F)c1. The van der Waals surface area contributed by atoms with Gasteiger partial charge in [-0.25, -0.2) is 4.39 Å². The average molecular weight is 253 g/mol. The zero-order chi connectivity index (χ0) is 13.8. The van der Waals surface area contributed by atoms with E-state index >= 15 is 0 Å². The topological polar surface area (TPSA) is 52.3 Å². The van der Waals surface area contributed by atoms with Crippen molar-refractivity contribution in [3.05, 3.63) is 35.6 Å². The third-order valence-electron chi connectivity index (χ3n) is 3.48. The fourth-order valence-corrected chi connectivity index (χ4v) is 2.11. The van der Waals surface area contributed by atoms with E-state index in [2.05, 4.69) is 0 Å². The predicted molar refractivity (Wildman–Crippen MR) is 68.7 cm³/mol. The number of ether oxygens (including phenoxy) is 1. The molecule has 1 aromatic rings. The third-order valence-corrected chi connectivity index (χ3v) is 3.48. The average Bonchev–Trinajstić information content (AvgIpc) is 2.37. The number of methoxy groups -OCH3 is 1. The molecule has 2 N–H and O–H groups in total. The Labute approximate surface area is 107 Å². The van der Waals surface area contributed by atoms with E-state index in [1.807, 2.05) is 13.8 Å². The van der Waals surface area contributed by atoms with Crippen molar-refractivity contribution in [3.63, 3.8) is 0 Å². The van der Waals surface area contributed by atoms with Crippen molar-refractivity contribution in [3.8, 4) is 0 Å². The lowest BCUT2D eigenvalue weighted by Gasteiger charge is -2.34. The second-order valence-electron chi connectivity index (χ2n) is 4.70. The second-order valence-corrected chi connectivity index (χ2v) is 4.70. The fourth-order valence-electron chi connectivity index (χ4n) is 2.11. The molecule has 0 fully saturated rings. The van der Waals surface area contributed by atoms with Crippen LogP contribution in [0.1, 0.15) is 32.3 Å². The molecule has 100 valence electrons. The molecule has 0 bridgehead atoms. The van der Waals surface area contributed by atoms with E-state index in [1.54, 1.807) is 12.1 Å². The van der Waals surface area contributed by atoms with E-state index < -0.39 is 5.41 Å². The van der Waals surface area contributed by atoms with E-state index in [4.69, 9.17) is 10.5 Å². The predicted octanol–water partition coefficient (Wildman–Crippen LogP) is 2.38. The number of esters is 1. The monoisotopic (exact) mass is 253 g/mol. The van der Waals surface area contributed by atoms with Gasteiger partial charge < -0.3 is 10.5 Å². The van der Waals surface area contributed by atoms with Gasteiger partial charge in [-0.15, -0.1) is 0 Å². The van der Waals surface area contributed by atoms with Crippen LogP contribution >= 0.6 is 0 Å². The zero-order valence-electron chi connectivity index (χ0n) is 11.1. The van der Waals surface area contributed by atoms with E-state index in [0.29, 0.717) is 6.42 Å². The van der Waals surface area contributed by atoms with E-state index in [0.717, 1.165) is 5.56 Å². The van der Waals surface area contributed by atoms with Gasteiger partial charge in [-0.2, -0.15) is 0 Å². The first-order valence-electron chi connectivity index (χ1n) is 6.02. The van der Waals surface area contributed by atoms with Crippen LogP contribution in [-0.4, -0.2) is 19.1 Å². The third kappa shape index (κ3) is 3.07. The van der Waals surface area contributed by atoms with Crippen LogP contribution in [0.25, 0.3) is 0 Å². The van der Waals surface area contributed by atoms with Gasteiger partial charge in [-0.05, 0) is 24.1 Å². The smallest absolute Gasteiger partial charge is 0.306 e. The minimum absolute atomic E-state index is 0.141. The number of hydrogen-bond donors (Lipinski definition) is 1. The van der Waals surface area contributed by atoms with Crippen molar-refractivity contribution >= 4 is 5.97 Å². The summed E-state index contributed by atoms with van der Waals surface area (Å²) < 4.78 is 18.0. The van der Waals surface area contributed by atoms with Crippen molar-refractivity contribution < 1.29 is 13.9 Å². The summed E-state index contributed by atoms with van der Waals surface area (Å²) in [5.41, 5.74) is 6.21. The standard InChI is InChI=1S/C14H20FNO2/c1-4-12(16)14(2,9-13(17)18-3)10-6-5-7-11(15)8-10/h5-8,12H,4,9,16H2,1-3H3. The molecule has 3 nitrogen and oxygen atoms in total. The van der Waals surface area contributed by atoms with Gasteiger partial charge in [0.15, 0.2) is 0 Å². The quantitative estimate of drug-likeness (QED) is 0.820. The molecule has 0 radical (unpaired) electrons. The molecule has 4 heteroatoms. The van der Waals surface area contributed by atoms with Crippen LogP contribution < -0.4 is 5.73 Å². The number of hydrogen-bond acceptors (Lipinski definition) is 3. The van der Waals surface area contributed by atoms with Crippen molar-refractivity contribution in [1.29, 1.82) is 0 Å². The maximum atomic E-state index is 13.3. The van der Waals surface area contributed by atoms with Gasteiger partial charge in [0.2, 0.25) is 0 Å². The van der Waals surface area contributed by atoms with Gasteiger partial charge >= 0.3 is 5.97 Å². The normalized spacial score (nSPS) is 15.8. The Kier molecular flexibility index (Phi) is 4.84. The Bertz CT molecular complexity index is 422. The molecular formula is C14H20FNO2. The molecule has 2 unspecified atom stereocenters. The summed E-state index contributed by atoms with van der Waals surface area (Å²) in [4.78, 5) is 11.5. The summed E-state index contributed by atoms with van der Waals surface area (Å²) in [6.45, 7) is 3.81. The summed E-state index contributed by atoms with van der Waals surface area (Å²) >= 11 is 0. The first-order chi connectivity index (χ1) is 8.43. The minimum Gasteiger partial charge on any atom is -0.469 e. The van der Waals surface area contributed by atoms with Gasteiger partial charge in [-0.1, -0.05) is 26.0 Å². The second kappa shape index (κ2) is 5.96. The van der Waals surface area contributed by atoms with E-state index in [1.165, 1.54) is 19.2 Å². The van der Waals surface area contributed by atoms with E-state index in [-0.39, 0.29) is 24.2 Å². The molecule has 0 amide bonds. The van der Waals surface area contributed by atoms with Gasteiger partial charge in [0.1, 0.15) is 5.82 Å². The molecule has 0 aliphatic rings. The minimum atomic E-state index is -0.621. The van der Waals surface area contributed by atoms with Crippen LogP contribution in [0.5, 0.6) is 0 Å². The van der Waals surface area contributed by atoms with E-state index in [9.17, 15) is 9.18 Å². The van der Waals surface area contributed by atoms with Crippen LogP contribution in [0.2, 0.25) is 0 Å². The molecule has 0 heterocycles. The lowest BCUT2D eigenvalue weighted by molar-refractivity contribution is -0.142. The Morgan fingerprint density at radius 1 is 1.56 bits per heavy atom. The highest BCUT2D eigenvalue weighted by atomic mass is 19.1. The number of halogens is 1. The molecule has 0 aliphatic heterocycles. The molecule has 0 saturated heterocycles. The molecule has 1 rings (SSSR count). The lowest BCUT2D eigenvalue weighted by atomic mass is 9.72. The number of benzene rings is 1. The van der Waals surface area contributed by atoms with Crippen LogP contribution in [0.3, 0.4) is 0 Å². The number of rotatable bonds is 5. The summed E-state index contributed by atoms with van der Waals surface area (Å²) in [5, 5.41) is 0. The first-order valence-corrected chi connectivity index (χ1v) is 6.02. The Morgan fingerprint density at radius 2 is 2.22 bits per heavy atom. The largest absolute Gasteiger partial charge is 0.469 e. The number of carbonyl (C=O) groups is 1. The summed E-state index contributed by atoms with van der Waals surface area (Å²) in [6.07, 6.45) is 0.839. The summed E-state index contributed by atoms with van der Waals surface area (Å²) in [6, 6.07) is 5.99. The highest BCUT2D eigenvalue weighted by Gasteiger charge is 2.35. The van der Waals surface area contributed by atoms with Gasteiger partial charge in [-0.3, -0.25) is 4.79 Å². The summed E-state index contributed by atoms with van der Waals surface area (Å²) in [7, 11) is 1.34. The summed E-state index contributed by atoms with van der Waals surface area (Å²) in [5.74, 6) is -0.669. The van der Waals surface area contributed by atoms with Crippen molar-refractivity contribution in [2.24, 2.45) is 5.73 Å². The molecule has 2 atom stereocenters. The molecule has 0 saturated carbocycles. The van der Waals surface area contributed by atoms with Crippen LogP contribution in [0.4, 0.5) is 4.39 Å². The molecule has 0 aliphatic carbocycles. The maximum absolute atomic E-state index is 13.3. The fraction of sp³-hybridized carbons (Fsp3) is 0.500. The van der Waals surface area contributed by atoms with Crippen LogP contribution in [-0.2, 0) is 14.9 Å².